The molecule has 0 radical (unpaired) electrons. The van der Waals surface area contributed by atoms with Gasteiger partial charge in [0, 0.05) is 5.02 Å². The van der Waals surface area contributed by atoms with Gasteiger partial charge in [-0.1, -0.05) is 11.6 Å². The molecule has 0 aliphatic heterocycles. The van der Waals surface area contributed by atoms with Crippen molar-refractivity contribution in [3.05, 3.63) is 29.0 Å². The first-order valence-electron chi connectivity index (χ1n) is 5.07. The van der Waals surface area contributed by atoms with Crippen LogP contribution in [0.2, 0.25) is 5.02 Å². The van der Waals surface area contributed by atoms with E-state index in [4.69, 9.17) is 28.9 Å². The number of carbonyl (C=O) groups excluding carboxylic acids is 1. The number of halogens is 2. The molecule has 0 aliphatic carbocycles. The highest BCUT2D eigenvalue weighted by molar-refractivity contribution is 6.31. The minimum atomic E-state index is -0.442. The number of rotatable bonds is 3. The molecule has 0 bridgehead atoms. The summed E-state index contributed by atoms with van der Waals surface area (Å²) in [5.41, 5.74) is 6.73. The molecule has 1 heterocycles. The van der Waals surface area contributed by atoms with Gasteiger partial charge in [0.05, 0.1) is 16.4 Å². The van der Waals surface area contributed by atoms with Crippen LogP contribution in [0, 0.1) is 0 Å². The summed E-state index contributed by atoms with van der Waals surface area (Å²) in [6.45, 7) is 1.84. The molecule has 1 aromatic heterocycles. The largest absolute Gasteiger partial charge is 0.368 e. The van der Waals surface area contributed by atoms with E-state index in [2.05, 4.69) is 4.98 Å². The molecule has 2 N–H and O–H groups in total. The van der Waals surface area contributed by atoms with E-state index in [-0.39, 0.29) is 11.9 Å². The smallest absolute Gasteiger partial charge is 0.237 e. The van der Waals surface area contributed by atoms with Gasteiger partial charge in [0.1, 0.15) is 12.4 Å². The third-order valence-electron chi connectivity index (χ3n) is 2.41. The molecule has 4 nitrogen and oxygen atoms in total. The molecule has 0 saturated heterocycles. The first-order valence-corrected chi connectivity index (χ1v) is 5.88. The van der Waals surface area contributed by atoms with Gasteiger partial charge < -0.3 is 10.3 Å². The Morgan fingerprint density at radius 3 is 2.88 bits per heavy atom. The monoisotopic (exact) mass is 271 g/mol. The summed E-state index contributed by atoms with van der Waals surface area (Å²) in [5, 5.41) is 0.275. The van der Waals surface area contributed by atoms with Crippen molar-refractivity contribution in [1.29, 1.82) is 0 Å². The number of aromatic nitrogens is 2. The Balaban J connectivity index is 2.68. The average Bonchev–Trinajstić information content (AvgIpc) is 2.56. The summed E-state index contributed by atoms with van der Waals surface area (Å²) in [6, 6.07) is 5.28. The third-order valence-corrected chi connectivity index (χ3v) is 2.84. The molecule has 0 aliphatic rings. The second-order valence-corrected chi connectivity index (χ2v) is 4.86. The second-order valence-electron chi connectivity index (χ2n) is 3.77. The minimum absolute atomic E-state index is 0.0449. The number of hydrogen-bond acceptors (Lipinski definition) is 2. The summed E-state index contributed by atoms with van der Waals surface area (Å²) in [6.07, 6.45) is 0. The summed E-state index contributed by atoms with van der Waals surface area (Å²) < 4.78 is 1.70. The van der Waals surface area contributed by atoms with Crippen LogP contribution >= 0.6 is 23.2 Å². The number of carbonyl (C=O) groups is 1. The third kappa shape index (κ3) is 2.37. The first-order chi connectivity index (χ1) is 7.99. The van der Waals surface area contributed by atoms with Crippen LogP contribution in [0.5, 0.6) is 0 Å². The number of primary amides is 1. The average molecular weight is 272 g/mol. The number of fused-ring (bicyclic) bond motifs is 1. The maximum absolute atomic E-state index is 11.1. The van der Waals surface area contributed by atoms with Crippen molar-refractivity contribution in [2.45, 2.75) is 18.8 Å². The van der Waals surface area contributed by atoms with E-state index in [0.29, 0.717) is 10.8 Å². The molecule has 1 aromatic carbocycles. The maximum atomic E-state index is 11.1. The predicted octanol–water partition coefficient (Wildman–Crippen LogP) is 2.47. The topological polar surface area (TPSA) is 60.9 Å². The van der Waals surface area contributed by atoms with E-state index in [1.165, 1.54) is 0 Å². The molecule has 0 saturated carbocycles. The van der Waals surface area contributed by atoms with Gasteiger partial charge in [-0.2, -0.15) is 0 Å². The van der Waals surface area contributed by atoms with E-state index in [9.17, 15) is 4.79 Å². The highest BCUT2D eigenvalue weighted by Gasteiger charge is 2.16. The zero-order valence-electron chi connectivity index (χ0n) is 9.15. The number of benzene rings is 1. The van der Waals surface area contributed by atoms with Gasteiger partial charge in [-0.25, -0.2) is 4.98 Å². The Kier molecular flexibility index (Phi) is 3.26. The number of hydrogen-bond donors (Lipinski definition) is 1. The highest BCUT2D eigenvalue weighted by Crippen LogP contribution is 2.26. The highest BCUT2D eigenvalue weighted by atomic mass is 35.5. The second kappa shape index (κ2) is 4.55. The van der Waals surface area contributed by atoms with Crippen LogP contribution in [-0.2, 0) is 11.3 Å². The van der Waals surface area contributed by atoms with Gasteiger partial charge >= 0.3 is 0 Å². The zero-order chi connectivity index (χ0) is 12.6. The molecule has 6 heteroatoms. The zero-order valence-corrected chi connectivity index (χ0v) is 10.7. The van der Waals surface area contributed by atoms with E-state index >= 15 is 0 Å². The lowest BCUT2D eigenvalue weighted by Gasteiger charge is -2.07. The number of nitrogens with zero attached hydrogens (tertiary/aromatic N) is 2. The predicted molar refractivity (Wildman–Crippen MR) is 68.2 cm³/mol. The Morgan fingerprint density at radius 1 is 1.59 bits per heavy atom. The van der Waals surface area contributed by atoms with Crippen molar-refractivity contribution in [1.82, 2.24) is 9.55 Å². The Hall–Kier alpha value is -1.26. The van der Waals surface area contributed by atoms with Gasteiger partial charge in [0.15, 0.2) is 0 Å². The Labute approximate surface area is 108 Å². The normalized spacial score (nSPS) is 12.9. The molecular formula is C11H11Cl2N3O. The lowest BCUT2D eigenvalue weighted by molar-refractivity contribution is -0.118. The van der Waals surface area contributed by atoms with E-state index in [1.807, 2.05) is 0 Å². The van der Waals surface area contributed by atoms with Crippen LogP contribution < -0.4 is 5.73 Å². The lowest BCUT2D eigenvalue weighted by atomic mass is 10.3. The van der Waals surface area contributed by atoms with Crippen LogP contribution in [0.25, 0.3) is 11.0 Å². The van der Waals surface area contributed by atoms with Crippen molar-refractivity contribution < 1.29 is 4.79 Å². The summed E-state index contributed by atoms with van der Waals surface area (Å²) in [5.74, 6) is 0.172. The van der Waals surface area contributed by atoms with Gasteiger partial charge in [0.2, 0.25) is 5.91 Å². The van der Waals surface area contributed by atoms with Crippen LogP contribution in [-0.4, -0.2) is 15.5 Å². The maximum Gasteiger partial charge on any atom is 0.237 e. The van der Waals surface area contributed by atoms with Crippen molar-refractivity contribution in [2.24, 2.45) is 5.73 Å². The Bertz CT molecular complexity index is 577. The fraction of sp³-hybridized carbons (Fsp3) is 0.273. The number of alkyl halides is 1. The standard InChI is InChI=1S/C11H11Cl2N3O/c1-6(12)11-15-8-3-2-7(13)4-9(8)16(11)5-10(14)17/h2-4,6H,5H2,1H3,(H2,14,17). The molecule has 1 atom stereocenters. The van der Waals surface area contributed by atoms with E-state index in [0.717, 1.165) is 11.0 Å². The van der Waals surface area contributed by atoms with Crippen molar-refractivity contribution in [2.75, 3.05) is 0 Å². The van der Waals surface area contributed by atoms with Crippen LogP contribution in [0.4, 0.5) is 0 Å². The number of imidazole rings is 1. The SMILES string of the molecule is CC(Cl)c1nc2ccc(Cl)cc2n1CC(N)=O. The summed E-state index contributed by atoms with van der Waals surface area (Å²) >= 11 is 12.0. The Morgan fingerprint density at radius 2 is 2.29 bits per heavy atom. The molecule has 2 rings (SSSR count). The molecule has 2 aromatic rings. The van der Waals surface area contributed by atoms with Crippen molar-refractivity contribution in [3.63, 3.8) is 0 Å². The van der Waals surface area contributed by atoms with Gasteiger partial charge in [-0.15, -0.1) is 11.6 Å². The van der Waals surface area contributed by atoms with E-state index in [1.54, 1.807) is 29.7 Å². The fourth-order valence-electron chi connectivity index (χ4n) is 1.74. The lowest BCUT2D eigenvalue weighted by Crippen LogP contribution is -2.20. The van der Waals surface area contributed by atoms with Crippen molar-refractivity contribution in [3.8, 4) is 0 Å². The molecule has 1 amide bonds. The molecule has 17 heavy (non-hydrogen) atoms. The number of nitrogens with two attached hydrogens (primary N) is 1. The van der Waals surface area contributed by atoms with Gasteiger partial charge in [-0.3, -0.25) is 4.79 Å². The van der Waals surface area contributed by atoms with Crippen LogP contribution in [0.3, 0.4) is 0 Å². The summed E-state index contributed by atoms with van der Waals surface area (Å²) in [4.78, 5) is 15.4. The quantitative estimate of drug-likeness (QED) is 0.872. The molecule has 0 fully saturated rings. The van der Waals surface area contributed by atoms with Gasteiger partial charge in [-0.05, 0) is 25.1 Å². The molecule has 0 spiro atoms. The first kappa shape index (κ1) is 12.2. The van der Waals surface area contributed by atoms with Gasteiger partial charge in [0.25, 0.3) is 0 Å². The number of amides is 1. The van der Waals surface area contributed by atoms with Crippen LogP contribution in [0.15, 0.2) is 18.2 Å². The van der Waals surface area contributed by atoms with Crippen LogP contribution in [0.1, 0.15) is 18.1 Å². The fourth-order valence-corrected chi connectivity index (χ4v) is 2.07. The minimum Gasteiger partial charge on any atom is -0.368 e. The molecular weight excluding hydrogens is 261 g/mol. The molecule has 1 unspecified atom stereocenters. The van der Waals surface area contributed by atoms with E-state index < -0.39 is 5.91 Å². The molecule has 90 valence electrons. The van der Waals surface area contributed by atoms with Crippen molar-refractivity contribution >= 4 is 40.1 Å². The summed E-state index contributed by atoms with van der Waals surface area (Å²) in [7, 11) is 0.